The lowest BCUT2D eigenvalue weighted by atomic mass is 10.0. The molecule has 0 aliphatic carbocycles. The molecule has 0 radical (unpaired) electrons. The number of pyridine rings is 1. The summed E-state index contributed by atoms with van der Waals surface area (Å²) in [7, 11) is 0. The van der Waals surface area contributed by atoms with Crippen LogP contribution in [0.25, 0.3) is 5.82 Å². The van der Waals surface area contributed by atoms with Crippen LogP contribution >= 0.6 is 0 Å². The van der Waals surface area contributed by atoms with Crippen LogP contribution in [0, 0.1) is 13.8 Å². The molecule has 1 amide bonds. The second-order valence-electron chi connectivity index (χ2n) is 9.04. The summed E-state index contributed by atoms with van der Waals surface area (Å²) >= 11 is 0. The zero-order valence-corrected chi connectivity index (χ0v) is 20.7. The van der Waals surface area contributed by atoms with Crippen LogP contribution in [0.15, 0.2) is 72.9 Å². The lowest BCUT2D eigenvalue weighted by Crippen LogP contribution is -2.34. The summed E-state index contributed by atoms with van der Waals surface area (Å²) in [6.07, 6.45) is 2.39. The first-order valence-electron chi connectivity index (χ1n) is 12.2. The molecule has 36 heavy (non-hydrogen) atoms. The van der Waals surface area contributed by atoms with Crippen LogP contribution in [0.5, 0.6) is 5.75 Å². The monoisotopic (exact) mass is 482 g/mol. The van der Waals surface area contributed by atoms with Gasteiger partial charge in [-0.3, -0.25) is 4.79 Å². The number of benzene rings is 2. The number of amides is 1. The molecule has 2 bridgehead atoms. The highest BCUT2D eigenvalue weighted by atomic mass is 16.5. The molecule has 1 aliphatic rings. The molecule has 0 saturated carbocycles. The summed E-state index contributed by atoms with van der Waals surface area (Å²) in [5, 5.41) is 4.48. The van der Waals surface area contributed by atoms with Crippen LogP contribution in [0.2, 0.25) is 0 Å². The first kappa shape index (κ1) is 23.8. The molecule has 0 N–H and O–H groups in total. The van der Waals surface area contributed by atoms with Gasteiger partial charge in [0.05, 0.1) is 24.5 Å². The molecular weight excluding hydrogens is 452 g/mol. The van der Waals surface area contributed by atoms with E-state index in [1.807, 2.05) is 61.2 Å². The first-order chi connectivity index (χ1) is 17.6. The maximum atomic E-state index is 13.5. The topological polar surface area (TPSA) is 69.5 Å². The van der Waals surface area contributed by atoms with E-state index in [1.165, 1.54) is 5.56 Å². The van der Waals surface area contributed by atoms with Gasteiger partial charge in [0.15, 0.2) is 5.82 Å². The second-order valence-corrected chi connectivity index (χ2v) is 9.04. The molecule has 0 saturated heterocycles. The van der Waals surface area contributed by atoms with Crippen molar-refractivity contribution in [3.8, 4) is 11.6 Å². The lowest BCUT2D eigenvalue weighted by molar-refractivity contribution is 0.0571. The fraction of sp³-hybridized carbons (Fsp3) is 0.276. The van der Waals surface area contributed by atoms with E-state index in [0.717, 1.165) is 34.7 Å². The predicted octanol–water partition coefficient (Wildman–Crippen LogP) is 4.53. The number of ether oxygens (including phenoxy) is 2. The van der Waals surface area contributed by atoms with Gasteiger partial charge in [-0.1, -0.05) is 42.5 Å². The van der Waals surface area contributed by atoms with Crippen molar-refractivity contribution in [1.29, 1.82) is 0 Å². The number of rotatable bonds is 2. The summed E-state index contributed by atoms with van der Waals surface area (Å²) in [6.45, 7) is 6.24. The SMILES string of the molecule is Cc1cc(C)n(-c2ccc(C(=O)N3CCOCCOc4ccccc4Cc4cccc(c4)C3)cn2)n1. The third-order valence-corrected chi connectivity index (χ3v) is 6.23. The van der Waals surface area contributed by atoms with Gasteiger partial charge >= 0.3 is 0 Å². The summed E-state index contributed by atoms with van der Waals surface area (Å²) in [4.78, 5) is 19.8. The molecule has 7 nitrogen and oxygen atoms in total. The van der Waals surface area contributed by atoms with Crippen molar-refractivity contribution in [3.63, 3.8) is 0 Å². The molecule has 184 valence electrons. The number of aromatic nitrogens is 3. The van der Waals surface area contributed by atoms with Crippen molar-refractivity contribution in [2.45, 2.75) is 26.8 Å². The Morgan fingerprint density at radius 1 is 0.917 bits per heavy atom. The van der Waals surface area contributed by atoms with Crippen molar-refractivity contribution in [3.05, 3.63) is 107 Å². The maximum absolute atomic E-state index is 13.5. The summed E-state index contributed by atoms with van der Waals surface area (Å²) < 4.78 is 13.6. The Morgan fingerprint density at radius 3 is 2.58 bits per heavy atom. The van der Waals surface area contributed by atoms with E-state index >= 15 is 0 Å². The van der Waals surface area contributed by atoms with Crippen molar-refractivity contribution < 1.29 is 14.3 Å². The lowest BCUT2D eigenvalue weighted by Gasteiger charge is -2.24. The van der Waals surface area contributed by atoms with Crippen molar-refractivity contribution >= 4 is 5.91 Å². The van der Waals surface area contributed by atoms with Gasteiger partial charge in [0, 0.05) is 31.4 Å². The molecule has 2 aromatic carbocycles. The standard InChI is InChI=1S/C29H30N4O3/c1-21-16-22(2)33(31-21)28-11-10-26(19-30-28)29(34)32-12-13-35-14-15-36-27-9-4-3-8-25(27)18-23-6-5-7-24(17-23)20-32/h3-11,16-17,19H,12-15,18,20H2,1-2H3. The largest absolute Gasteiger partial charge is 0.491 e. The number of carbonyl (C=O) groups is 1. The molecule has 0 unspecified atom stereocenters. The molecule has 7 heteroatoms. The highest BCUT2D eigenvalue weighted by Gasteiger charge is 2.18. The Balaban J connectivity index is 1.38. The molecule has 0 atom stereocenters. The van der Waals surface area contributed by atoms with E-state index in [0.29, 0.717) is 44.3 Å². The quantitative estimate of drug-likeness (QED) is 0.420. The van der Waals surface area contributed by atoms with Crippen molar-refractivity contribution in [1.82, 2.24) is 19.7 Å². The maximum Gasteiger partial charge on any atom is 0.255 e. The van der Waals surface area contributed by atoms with E-state index in [-0.39, 0.29) is 5.91 Å². The van der Waals surface area contributed by atoms with Gasteiger partial charge in [-0.15, -0.1) is 0 Å². The number of fused-ring (bicyclic) bond motifs is 3. The highest BCUT2D eigenvalue weighted by Crippen LogP contribution is 2.23. The van der Waals surface area contributed by atoms with Crippen LogP contribution in [-0.4, -0.2) is 51.9 Å². The van der Waals surface area contributed by atoms with Crippen LogP contribution in [0.1, 0.15) is 38.4 Å². The third kappa shape index (κ3) is 5.47. The van der Waals surface area contributed by atoms with E-state index in [9.17, 15) is 4.79 Å². The Labute approximate surface area is 211 Å². The number of hydrogen-bond donors (Lipinski definition) is 0. The Bertz CT molecular complexity index is 1350. The number of nitrogens with zero attached hydrogens (tertiary/aromatic N) is 4. The van der Waals surface area contributed by atoms with Gasteiger partial charge in [-0.25, -0.2) is 9.67 Å². The molecule has 5 rings (SSSR count). The molecule has 3 heterocycles. The molecule has 0 fully saturated rings. The average molecular weight is 483 g/mol. The van der Waals surface area contributed by atoms with Crippen LogP contribution in [0.3, 0.4) is 0 Å². The Morgan fingerprint density at radius 2 is 1.78 bits per heavy atom. The fourth-order valence-corrected chi connectivity index (χ4v) is 4.49. The van der Waals surface area contributed by atoms with Gasteiger partial charge < -0.3 is 14.4 Å². The highest BCUT2D eigenvalue weighted by molar-refractivity contribution is 5.94. The smallest absolute Gasteiger partial charge is 0.255 e. The molecule has 4 aromatic rings. The van der Waals surface area contributed by atoms with Gasteiger partial charge in [0.25, 0.3) is 5.91 Å². The van der Waals surface area contributed by atoms with Crippen LogP contribution < -0.4 is 4.74 Å². The van der Waals surface area contributed by atoms with Crippen molar-refractivity contribution in [2.24, 2.45) is 0 Å². The molecule has 1 aliphatic heterocycles. The number of aryl methyl sites for hydroxylation is 2. The van der Waals surface area contributed by atoms with E-state index < -0.39 is 0 Å². The fourth-order valence-electron chi connectivity index (χ4n) is 4.49. The normalized spacial score (nSPS) is 14.4. The van der Waals surface area contributed by atoms with Gasteiger partial charge in [-0.2, -0.15) is 5.10 Å². The number of para-hydroxylation sites is 1. The Hall–Kier alpha value is -3.97. The first-order valence-corrected chi connectivity index (χ1v) is 12.2. The van der Waals surface area contributed by atoms with E-state index in [1.54, 1.807) is 10.9 Å². The zero-order valence-electron chi connectivity index (χ0n) is 20.7. The van der Waals surface area contributed by atoms with Gasteiger partial charge in [-0.05, 0) is 54.8 Å². The molecule has 0 spiro atoms. The summed E-state index contributed by atoms with van der Waals surface area (Å²) in [6, 6.07) is 22.1. The van der Waals surface area contributed by atoms with E-state index in [4.69, 9.17) is 9.47 Å². The molecule has 2 aromatic heterocycles. The van der Waals surface area contributed by atoms with Gasteiger partial charge in [0.1, 0.15) is 12.4 Å². The van der Waals surface area contributed by atoms with Crippen LogP contribution in [0.4, 0.5) is 0 Å². The second kappa shape index (κ2) is 10.7. The molecular formula is C29H30N4O3. The average Bonchev–Trinajstić information content (AvgIpc) is 3.23. The number of carbonyl (C=O) groups excluding carboxylic acids is 1. The van der Waals surface area contributed by atoms with Crippen LogP contribution in [-0.2, 0) is 17.7 Å². The van der Waals surface area contributed by atoms with Crippen molar-refractivity contribution in [2.75, 3.05) is 26.4 Å². The predicted molar refractivity (Wildman–Crippen MR) is 138 cm³/mol. The zero-order chi connectivity index (χ0) is 24.9. The third-order valence-electron chi connectivity index (χ3n) is 6.23. The van der Waals surface area contributed by atoms with Gasteiger partial charge in [0.2, 0.25) is 0 Å². The summed E-state index contributed by atoms with van der Waals surface area (Å²) in [5.74, 6) is 1.50. The minimum atomic E-state index is -0.0786. The van der Waals surface area contributed by atoms with E-state index in [2.05, 4.69) is 34.3 Å². The minimum Gasteiger partial charge on any atom is -0.491 e. The summed E-state index contributed by atoms with van der Waals surface area (Å²) in [5.41, 5.74) is 5.85. The Kier molecular flexibility index (Phi) is 7.09. The minimum absolute atomic E-state index is 0.0786. The number of hydrogen-bond acceptors (Lipinski definition) is 5.